The SMILES string of the molecule is CC(Nc1nc2sccn2c1[N+](=O)[O-])c1cccc(C#N)c1. The summed E-state index contributed by atoms with van der Waals surface area (Å²) in [4.78, 5) is 15.7. The molecule has 2 aromatic heterocycles. The van der Waals surface area contributed by atoms with Crippen LogP contribution >= 0.6 is 11.3 Å². The van der Waals surface area contributed by atoms with Crippen molar-refractivity contribution in [2.24, 2.45) is 0 Å². The van der Waals surface area contributed by atoms with Crippen LogP contribution in [0.1, 0.15) is 24.1 Å². The number of nitro groups is 1. The van der Waals surface area contributed by atoms with Gasteiger partial charge in [-0.15, -0.1) is 0 Å². The van der Waals surface area contributed by atoms with Crippen molar-refractivity contribution in [3.05, 3.63) is 57.1 Å². The average molecular weight is 313 g/mol. The highest BCUT2D eigenvalue weighted by Crippen LogP contribution is 2.30. The number of nitrogens with zero attached hydrogens (tertiary/aromatic N) is 4. The van der Waals surface area contributed by atoms with Gasteiger partial charge in [0.2, 0.25) is 5.82 Å². The van der Waals surface area contributed by atoms with E-state index in [4.69, 9.17) is 5.26 Å². The summed E-state index contributed by atoms with van der Waals surface area (Å²) in [7, 11) is 0. The number of anilines is 1. The minimum atomic E-state index is -0.451. The van der Waals surface area contributed by atoms with Crippen LogP contribution < -0.4 is 5.32 Å². The van der Waals surface area contributed by atoms with Gasteiger partial charge < -0.3 is 15.4 Å². The molecule has 0 spiro atoms. The Morgan fingerprint density at radius 1 is 1.55 bits per heavy atom. The third-order valence-electron chi connectivity index (χ3n) is 3.28. The average Bonchev–Trinajstić information content (AvgIpc) is 3.07. The number of thiazole rings is 1. The lowest BCUT2D eigenvalue weighted by atomic mass is 10.1. The van der Waals surface area contributed by atoms with Crippen LogP contribution in [0.4, 0.5) is 11.6 Å². The second-order valence-corrected chi connectivity index (χ2v) is 5.57. The van der Waals surface area contributed by atoms with E-state index in [-0.39, 0.29) is 17.7 Å². The molecule has 0 bridgehead atoms. The third kappa shape index (κ3) is 2.38. The molecule has 0 fully saturated rings. The van der Waals surface area contributed by atoms with E-state index in [2.05, 4.69) is 16.4 Å². The van der Waals surface area contributed by atoms with Crippen LogP contribution in [0.25, 0.3) is 4.96 Å². The fourth-order valence-electron chi connectivity index (χ4n) is 2.21. The molecule has 3 aromatic rings. The second-order valence-electron chi connectivity index (χ2n) is 4.70. The number of aromatic nitrogens is 2. The van der Waals surface area contributed by atoms with Gasteiger partial charge >= 0.3 is 5.82 Å². The monoisotopic (exact) mass is 313 g/mol. The van der Waals surface area contributed by atoms with Crippen molar-refractivity contribution >= 4 is 27.9 Å². The van der Waals surface area contributed by atoms with Gasteiger partial charge in [-0.1, -0.05) is 23.5 Å². The fourth-order valence-corrected chi connectivity index (χ4v) is 2.92. The molecule has 1 aromatic carbocycles. The Labute approximate surface area is 129 Å². The normalized spacial score (nSPS) is 12.0. The van der Waals surface area contributed by atoms with Gasteiger partial charge in [-0.25, -0.2) is 0 Å². The van der Waals surface area contributed by atoms with E-state index >= 15 is 0 Å². The van der Waals surface area contributed by atoms with Crippen LogP contribution in [0, 0.1) is 21.4 Å². The molecule has 8 heteroatoms. The summed E-state index contributed by atoms with van der Waals surface area (Å²) >= 11 is 1.33. The first kappa shape index (κ1) is 14.0. The van der Waals surface area contributed by atoms with E-state index in [1.54, 1.807) is 29.8 Å². The maximum atomic E-state index is 11.3. The van der Waals surface area contributed by atoms with E-state index < -0.39 is 4.92 Å². The van der Waals surface area contributed by atoms with E-state index in [0.29, 0.717) is 10.5 Å². The Hall–Kier alpha value is -2.92. The second kappa shape index (κ2) is 5.46. The van der Waals surface area contributed by atoms with Gasteiger partial charge in [0.25, 0.3) is 4.96 Å². The van der Waals surface area contributed by atoms with E-state index in [1.165, 1.54) is 15.7 Å². The summed E-state index contributed by atoms with van der Waals surface area (Å²) in [5.41, 5.74) is 1.41. The predicted molar refractivity (Wildman–Crippen MR) is 82.9 cm³/mol. The molecule has 1 atom stereocenters. The molecule has 0 saturated heterocycles. The molecule has 22 heavy (non-hydrogen) atoms. The summed E-state index contributed by atoms with van der Waals surface area (Å²) in [5, 5.41) is 25.0. The molecule has 0 aliphatic carbocycles. The highest BCUT2D eigenvalue weighted by Gasteiger charge is 2.24. The number of nitriles is 1. The van der Waals surface area contributed by atoms with Gasteiger partial charge in [-0.05, 0) is 29.5 Å². The highest BCUT2D eigenvalue weighted by atomic mass is 32.1. The number of rotatable bonds is 4. The summed E-state index contributed by atoms with van der Waals surface area (Å²) in [6, 6.07) is 8.98. The van der Waals surface area contributed by atoms with Crippen molar-refractivity contribution < 1.29 is 4.92 Å². The molecular formula is C14H11N5O2S. The van der Waals surface area contributed by atoms with Crippen LogP contribution in [0.3, 0.4) is 0 Å². The van der Waals surface area contributed by atoms with Gasteiger partial charge in [0.05, 0.1) is 17.7 Å². The van der Waals surface area contributed by atoms with Crippen molar-refractivity contribution in [2.75, 3.05) is 5.32 Å². The van der Waals surface area contributed by atoms with Gasteiger partial charge in [-0.2, -0.15) is 14.6 Å². The zero-order chi connectivity index (χ0) is 15.7. The Morgan fingerprint density at radius 2 is 2.36 bits per heavy atom. The van der Waals surface area contributed by atoms with Crippen LogP contribution in [-0.4, -0.2) is 14.3 Å². The molecule has 0 radical (unpaired) electrons. The lowest BCUT2D eigenvalue weighted by Gasteiger charge is -2.13. The van der Waals surface area contributed by atoms with E-state index in [1.807, 2.05) is 13.0 Å². The molecule has 3 rings (SSSR count). The Morgan fingerprint density at radius 3 is 3.09 bits per heavy atom. The largest absolute Gasteiger partial charge is 0.372 e. The number of hydrogen-bond donors (Lipinski definition) is 1. The smallest absolute Gasteiger partial charge is 0.358 e. The molecule has 110 valence electrons. The Balaban J connectivity index is 1.95. The van der Waals surface area contributed by atoms with E-state index in [0.717, 1.165) is 5.56 Å². The number of fused-ring (bicyclic) bond motifs is 1. The third-order valence-corrected chi connectivity index (χ3v) is 4.04. The molecule has 1 N–H and O–H groups in total. The van der Waals surface area contributed by atoms with Crippen molar-refractivity contribution in [3.63, 3.8) is 0 Å². The van der Waals surface area contributed by atoms with Gasteiger partial charge in [0, 0.05) is 5.38 Å². The quantitative estimate of drug-likeness (QED) is 0.588. The first-order chi connectivity index (χ1) is 10.6. The molecule has 0 amide bonds. The zero-order valence-corrected chi connectivity index (χ0v) is 12.4. The number of hydrogen-bond acceptors (Lipinski definition) is 6. The molecule has 7 nitrogen and oxygen atoms in total. The molecule has 0 aliphatic heterocycles. The maximum absolute atomic E-state index is 11.3. The summed E-state index contributed by atoms with van der Waals surface area (Å²) < 4.78 is 1.45. The molecule has 0 aliphatic rings. The predicted octanol–water partition coefficient (Wildman–Crippen LogP) is 3.35. The topological polar surface area (TPSA) is 96.3 Å². The van der Waals surface area contributed by atoms with Crippen molar-refractivity contribution in [1.82, 2.24) is 9.38 Å². The first-order valence-electron chi connectivity index (χ1n) is 6.46. The van der Waals surface area contributed by atoms with Crippen molar-refractivity contribution in [2.45, 2.75) is 13.0 Å². The zero-order valence-electron chi connectivity index (χ0n) is 11.6. The molecule has 2 heterocycles. The van der Waals surface area contributed by atoms with Gasteiger partial charge in [-0.3, -0.25) is 0 Å². The number of nitrogens with one attached hydrogen (secondary N) is 1. The lowest BCUT2D eigenvalue weighted by molar-refractivity contribution is -0.389. The number of benzene rings is 1. The molecule has 0 saturated carbocycles. The summed E-state index contributed by atoms with van der Waals surface area (Å²) in [6.45, 7) is 1.87. The maximum Gasteiger partial charge on any atom is 0.372 e. The lowest BCUT2D eigenvalue weighted by Crippen LogP contribution is -2.09. The molecular weight excluding hydrogens is 302 g/mol. The minimum absolute atomic E-state index is 0.0838. The van der Waals surface area contributed by atoms with Gasteiger partial charge in [0.15, 0.2) is 0 Å². The summed E-state index contributed by atoms with van der Waals surface area (Å²) in [5.74, 6) is 0.145. The van der Waals surface area contributed by atoms with Gasteiger partial charge in [0.1, 0.15) is 6.20 Å². The first-order valence-corrected chi connectivity index (χ1v) is 7.34. The van der Waals surface area contributed by atoms with Crippen LogP contribution in [0.5, 0.6) is 0 Å². The minimum Gasteiger partial charge on any atom is -0.358 e. The fraction of sp³-hybridized carbons (Fsp3) is 0.143. The molecule has 1 unspecified atom stereocenters. The number of imidazole rings is 1. The highest BCUT2D eigenvalue weighted by molar-refractivity contribution is 7.15. The van der Waals surface area contributed by atoms with Crippen molar-refractivity contribution in [3.8, 4) is 6.07 Å². The van der Waals surface area contributed by atoms with Crippen molar-refractivity contribution in [1.29, 1.82) is 5.26 Å². The van der Waals surface area contributed by atoms with Crippen LogP contribution in [0.15, 0.2) is 35.8 Å². The summed E-state index contributed by atoms with van der Waals surface area (Å²) in [6.07, 6.45) is 1.62. The Kier molecular flexibility index (Phi) is 3.48. The van der Waals surface area contributed by atoms with E-state index in [9.17, 15) is 10.1 Å². The van der Waals surface area contributed by atoms with Crippen LogP contribution in [0.2, 0.25) is 0 Å². The Bertz CT molecular complexity index is 892. The standard InChI is InChI=1S/C14H11N5O2S/c1-9(11-4-2-3-10(7-11)8-15)16-12-13(19(20)21)18-5-6-22-14(18)17-12/h2-7,9,16H,1H3. The van der Waals surface area contributed by atoms with Crippen LogP contribution in [-0.2, 0) is 0 Å².